The highest BCUT2D eigenvalue weighted by Gasteiger charge is 2.23. The Hall–Kier alpha value is -2.82. The van der Waals surface area contributed by atoms with Crippen molar-refractivity contribution in [1.29, 1.82) is 0 Å². The summed E-state index contributed by atoms with van der Waals surface area (Å²) in [6.45, 7) is 1.05. The molecule has 0 fully saturated rings. The Kier molecular flexibility index (Phi) is 5.33. The van der Waals surface area contributed by atoms with E-state index >= 15 is 0 Å². The van der Waals surface area contributed by atoms with Crippen LogP contribution >= 0.6 is 0 Å². The van der Waals surface area contributed by atoms with Crippen molar-refractivity contribution in [2.75, 3.05) is 30.0 Å². The highest BCUT2D eigenvalue weighted by atomic mass is 16.5. The predicted molar refractivity (Wildman–Crippen MR) is 98.0 cm³/mol. The molecule has 0 atom stereocenters. The zero-order chi connectivity index (χ0) is 17.6. The standard InChI is InChI=1S/C20H22N2O3/c1-21(16-8-3-2-4-9-16)19(23)12-7-13-20(24)22-14-15-25-18-11-6-5-10-17(18)22/h2-6,8-11H,7,12-15H2,1H3. The van der Waals surface area contributed by atoms with Crippen LogP contribution in [0.2, 0.25) is 0 Å². The van der Waals surface area contributed by atoms with Crippen LogP contribution in [0.25, 0.3) is 0 Å². The lowest BCUT2D eigenvalue weighted by molar-refractivity contribution is -0.120. The Labute approximate surface area is 147 Å². The van der Waals surface area contributed by atoms with E-state index in [2.05, 4.69) is 0 Å². The van der Waals surface area contributed by atoms with Crippen molar-refractivity contribution in [3.63, 3.8) is 0 Å². The van der Waals surface area contributed by atoms with Gasteiger partial charge in [0.15, 0.2) is 0 Å². The fourth-order valence-corrected chi connectivity index (χ4v) is 2.92. The molecule has 130 valence electrons. The minimum Gasteiger partial charge on any atom is -0.490 e. The van der Waals surface area contributed by atoms with E-state index in [9.17, 15) is 9.59 Å². The molecule has 5 nitrogen and oxygen atoms in total. The molecule has 0 N–H and O–H groups in total. The zero-order valence-electron chi connectivity index (χ0n) is 14.4. The van der Waals surface area contributed by atoms with E-state index in [1.54, 1.807) is 16.8 Å². The first-order valence-electron chi connectivity index (χ1n) is 8.50. The molecule has 3 rings (SSSR count). The summed E-state index contributed by atoms with van der Waals surface area (Å²) in [5.74, 6) is 0.786. The lowest BCUT2D eigenvalue weighted by Crippen LogP contribution is -2.38. The Morgan fingerprint density at radius 1 is 1.04 bits per heavy atom. The molecule has 0 aromatic heterocycles. The van der Waals surface area contributed by atoms with Gasteiger partial charge in [-0.3, -0.25) is 9.59 Å². The van der Waals surface area contributed by atoms with E-state index in [0.29, 0.717) is 32.4 Å². The number of benzene rings is 2. The first-order valence-corrected chi connectivity index (χ1v) is 8.50. The quantitative estimate of drug-likeness (QED) is 0.841. The third-order valence-electron chi connectivity index (χ3n) is 4.33. The highest BCUT2D eigenvalue weighted by molar-refractivity contribution is 5.96. The molecule has 2 aromatic rings. The van der Waals surface area contributed by atoms with Crippen LogP contribution in [0.4, 0.5) is 11.4 Å². The summed E-state index contributed by atoms with van der Waals surface area (Å²) in [7, 11) is 1.76. The number of para-hydroxylation sites is 3. The third-order valence-corrected chi connectivity index (χ3v) is 4.33. The number of carbonyl (C=O) groups excluding carboxylic acids is 2. The number of ether oxygens (including phenoxy) is 1. The number of nitrogens with zero attached hydrogens (tertiary/aromatic N) is 2. The summed E-state index contributed by atoms with van der Waals surface area (Å²) in [6, 6.07) is 17.1. The monoisotopic (exact) mass is 338 g/mol. The second kappa shape index (κ2) is 7.83. The van der Waals surface area contributed by atoms with Crippen molar-refractivity contribution in [1.82, 2.24) is 0 Å². The van der Waals surface area contributed by atoms with Crippen LogP contribution < -0.4 is 14.5 Å². The Balaban J connectivity index is 1.53. The summed E-state index contributed by atoms with van der Waals surface area (Å²) in [4.78, 5) is 28.2. The number of hydrogen-bond acceptors (Lipinski definition) is 3. The van der Waals surface area contributed by atoms with Crippen LogP contribution in [0.1, 0.15) is 19.3 Å². The number of rotatable bonds is 5. The van der Waals surface area contributed by atoms with E-state index in [-0.39, 0.29) is 11.8 Å². The molecule has 0 saturated heterocycles. The second-order valence-electron chi connectivity index (χ2n) is 6.00. The molecule has 5 heteroatoms. The molecular weight excluding hydrogens is 316 g/mol. The van der Waals surface area contributed by atoms with Crippen LogP contribution in [0.15, 0.2) is 54.6 Å². The maximum atomic E-state index is 12.5. The smallest absolute Gasteiger partial charge is 0.227 e. The van der Waals surface area contributed by atoms with Crippen molar-refractivity contribution in [2.45, 2.75) is 19.3 Å². The fourth-order valence-electron chi connectivity index (χ4n) is 2.92. The van der Waals surface area contributed by atoms with Crippen LogP contribution in [0, 0.1) is 0 Å². The van der Waals surface area contributed by atoms with Gasteiger partial charge in [0.05, 0.1) is 12.2 Å². The minimum absolute atomic E-state index is 0.0152. The largest absolute Gasteiger partial charge is 0.490 e. The van der Waals surface area contributed by atoms with Gasteiger partial charge in [0.1, 0.15) is 12.4 Å². The van der Waals surface area contributed by atoms with Crippen molar-refractivity contribution in [3.05, 3.63) is 54.6 Å². The normalized spacial score (nSPS) is 12.9. The van der Waals surface area contributed by atoms with Gasteiger partial charge in [0.2, 0.25) is 11.8 Å². The van der Waals surface area contributed by atoms with Crippen LogP contribution in [-0.2, 0) is 9.59 Å². The van der Waals surface area contributed by atoms with Crippen LogP contribution in [0.3, 0.4) is 0 Å². The number of carbonyl (C=O) groups is 2. The van der Waals surface area contributed by atoms with Crippen molar-refractivity contribution in [2.24, 2.45) is 0 Å². The Bertz CT molecular complexity index is 746. The molecule has 1 aliphatic rings. The highest BCUT2D eigenvalue weighted by Crippen LogP contribution is 2.31. The van der Waals surface area contributed by atoms with Gasteiger partial charge in [0, 0.05) is 25.6 Å². The molecule has 0 unspecified atom stereocenters. The summed E-state index contributed by atoms with van der Waals surface area (Å²) >= 11 is 0. The molecule has 0 radical (unpaired) electrons. The molecular formula is C20H22N2O3. The molecule has 25 heavy (non-hydrogen) atoms. The van der Waals surface area contributed by atoms with E-state index in [1.807, 2.05) is 54.6 Å². The van der Waals surface area contributed by atoms with Gasteiger partial charge in [-0.15, -0.1) is 0 Å². The third kappa shape index (κ3) is 3.99. The van der Waals surface area contributed by atoms with Crippen LogP contribution in [-0.4, -0.2) is 32.0 Å². The van der Waals surface area contributed by atoms with Gasteiger partial charge >= 0.3 is 0 Å². The Morgan fingerprint density at radius 3 is 2.56 bits per heavy atom. The topological polar surface area (TPSA) is 49.9 Å². The SMILES string of the molecule is CN(C(=O)CCCC(=O)N1CCOc2ccccc21)c1ccccc1. The van der Waals surface area contributed by atoms with E-state index in [4.69, 9.17) is 4.74 Å². The number of anilines is 2. The molecule has 0 saturated carbocycles. The predicted octanol–water partition coefficient (Wildman–Crippen LogP) is 3.25. The number of amides is 2. The van der Waals surface area contributed by atoms with Crippen LogP contribution in [0.5, 0.6) is 5.75 Å². The molecule has 0 spiro atoms. The number of fused-ring (bicyclic) bond motifs is 1. The van der Waals surface area contributed by atoms with E-state index in [1.165, 1.54) is 0 Å². The minimum atomic E-state index is 0.0152. The second-order valence-corrected chi connectivity index (χ2v) is 6.00. The molecule has 1 heterocycles. The van der Waals surface area contributed by atoms with E-state index in [0.717, 1.165) is 17.1 Å². The van der Waals surface area contributed by atoms with Crippen molar-refractivity contribution >= 4 is 23.2 Å². The summed E-state index contributed by atoms with van der Waals surface area (Å²) in [5, 5.41) is 0. The van der Waals surface area contributed by atoms with Gasteiger partial charge in [-0.2, -0.15) is 0 Å². The molecule has 1 aliphatic heterocycles. The first-order chi connectivity index (χ1) is 12.2. The average molecular weight is 338 g/mol. The van der Waals surface area contributed by atoms with Gasteiger partial charge in [-0.25, -0.2) is 0 Å². The lowest BCUT2D eigenvalue weighted by Gasteiger charge is -2.29. The first kappa shape index (κ1) is 17.0. The summed E-state index contributed by atoms with van der Waals surface area (Å²) < 4.78 is 5.57. The number of hydrogen-bond donors (Lipinski definition) is 0. The van der Waals surface area contributed by atoms with E-state index < -0.39 is 0 Å². The summed E-state index contributed by atoms with van der Waals surface area (Å²) in [5.41, 5.74) is 1.67. The van der Waals surface area contributed by atoms with Gasteiger partial charge in [0.25, 0.3) is 0 Å². The molecule has 2 amide bonds. The molecule has 0 bridgehead atoms. The maximum Gasteiger partial charge on any atom is 0.227 e. The average Bonchev–Trinajstić information content (AvgIpc) is 2.67. The maximum absolute atomic E-state index is 12.5. The van der Waals surface area contributed by atoms with Crippen molar-refractivity contribution in [3.8, 4) is 5.75 Å². The van der Waals surface area contributed by atoms with Gasteiger partial charge < -0.3 is 14.5 Å². The van der Waals surface area contributed by atoms with Crippen molar-refractivity contribution < 1.29 is 14.3 Å². The summed E-state index contributed by atoms with van der Waals surface area (Å²) in [6.07, 6.45) is 1.24. The molecule has 0 aliphatic carbocycles. The zero-order valence-corrected chi connectivity index (χ0v) is 14.4. The fraction of sp³-hybridized carbons (Fsp3) is 0.300. The lowest BCUT2D eigenvalue weighted by atomic mass is 10.1. The van der Waals surface area contributed by atoms with Gasteiger partial charge in [-0.05, 0) is 30.7 Å². The molecule has 2 aromatic carbocycles. The Morgan fingerprint density at radius 2 is 1.76 bits per heavy atom. The van der Waals surface area contributed by atoms with Gasteiger partial charge in [-0.1, -0.05) is 30.3 Å².